The molecule has 0 unspecified atom stereocenters. The lowest BCUT2D eigenvalue weighted by Crippen LogP contribution is -2.13. The number of hydrogen-bond donors (Lipinski definition) is 1. The molecule has 0 radical (unpaired) electrons. The van der Waals surface area contributed by atoms with Gasteiger partial charge in [-0.3, -0.25) is 4.79 Å². The number of para-hydroxylation sites is 1. The molecule has 0 aliphatic rings. The third-order valence-corrected chi connectivity index (χ3v) is 5.34. The van der Waals surface area contributed by atoms with E-state index in [9.17, 15) is 4.79 Å². The van der Waals surface area contributed by atoms with Crippen molar-refractivity contribution in [2.45, 2.75) is 29.7 Å². The molecule has 150 valence electrons. The summed E-state index contributed by atoms with van der Waals surface area (Å²) < 4.78 is 11.0. The highest BCUT2D eigenvalue weighted by molar-refractivity contribution is 7.99. The molecule has 0 saturated heterocycles. The summed E-state index contributed by atoms with van der Waals surface area (Å²) in [5.41, 5.74) is 2.21. The van der Waals surface area contributed by atoms with Gasteiger partial charge in [0.1, 0.15) is 5.75 Å². The number of nitrogens with one attached hydrogen (secondary N) is 1. The van der Waals surface area contributed by atoms with Crippen LogP contribution in [0.2, 0.25) is 0 Å². The van der Waals surface area contributed by atoms with E-state index < -0.39 is 0 Å². The number of ether oxygens (including phenoxy) is 2. The van der Waals surface area contributed by atoms with Crippen LogP contribution in [0.15, 0.2) is 82.6 Å². The van der Waals surface area contributed by atoms with Crippen molar-refractivity contribution in [1.82, 2.24) is 0 Å². The minimum Gasteiger partial charge on any atom is -0.496 e. The summed E-state index contributed by atoms with van der Waals surface area (Å²) in [6, 6.07) is 23.3. The van der Waals surface area contributed by atoms with Gasteiger partial charge in [0.05, 0.1) is 19.4 Å². The lowest BCUT2D eigenvalue weighted by molar-refractivity contribution is 0.102. The molecule has 4 nitrogen and oxygen atoms in total. The number of rotatable bonds is 9. The zero-order valence-corrected chi connectivity index (χ0v) is 17.5. The molecule has 3 rings (SSSR count). The SMILES string of the molecule is CCCOCc1cc(C(=O)Nc2ccccc2Sc2ccccc2)ccc1OC. The van der Waals surface area contributed by atoms with E-state index >= 15 is 0 Å². The van der Waals surface area contributed by atoms with Crippen molar-refractivity contribution >= 4 is 23.4 Å². The van der Waals surface area contributed by atoms with Crippen molar-refractivity contribution in [2.75, 3.05) is 19.0 Å². The van der Waals surface area contributed by atoms with E-state index in [4.69, 9.17) is 9.47 Å². The summed E-state index contributed by atoms with van der Waals surface area (Å²) in [5, 5.41) is 3.04. The van der Waals surface area contributed by atoms with Gasteiger partial charge in [0.25, 0.3) is 5.91 Å². The van der Waals surface area contributed by atoms with Crippen LogP contribution in [0.5, 0.6) is 5.75 Å². The van der Waals surface area contributed by atoms with Gasteiger partial charge in [-0.1, -0.05) is 49.0 Å². The highest BCUT2D eigenvalue weighted by Gasteiger charge is 2.13. The van der Waals surface area contributed by atoms with Gasteiger partial charge in [-0.25, -0.2) is 0 Å². The van der Waals surface area contributed by atoms with Gasteiger partial charge in [0, 0.05) is 27.5 Å². The maximum atomic E-state index is 12.9. The molecule has 3 aromatic rings. The highest BCUT2D eigenvalue weighted by Crippen LogP contribution is 2.33. The molecule has 1 N–H and O–H groups in total. The van der Waals surface area contributed by atoms with Crippen molar-refractivity contribution in [3.05, 3.63) is 83.9 Å². The van der Waals surface area contributed by atoms with Crippen molar-refractivity contribution in [2.24, 2.45) is 0 Å². The maximum Gasteiger partial charge on any atom is 0.255 e. The first-order chi connectivity index (χ1) is 14.2. The molecule has 5 heteroatoms. The van der Waals surface area contributed by atoms with Crippen molar-refractivity contribution in [1.29, 1.82) is 0 Å². The van der Waals surface area contributed by atoms with Crippen LogP contribution in [0.3, 0.4) is 0 Å². The van der Waals surface area contributed by atoms with E-state index in [1.54, 1.807) is 24.9 Å². The molecule has 1 amide bonds. The number of amides is 1. The lowest BCUT2D eigenvalue weighted by atomic mass is 10.1. The van der Waals surface area contributed by atoms with E-state index in [0.29, 0.717) is 18.8 Å². The fourth-order valence-corrected chi connectivity index (χ4v) is 3.75. The number of benzene rings is 3. The van der Waals surface area contributed by atoms with Gasteiger partial charge in [-0.2, -0.15) is 0 Å². The van der Waals surface area contributed by atoms with Crippen LogP contribution in [0.4, 0.5) is 5.69 Å². The number of anilines is 1. The van der Waals surface area contributed by atoms with Gasteiger partial charge in [0.15, 0.2) is 0 Å². The normalized spacial score (nSPS) is 10.6. The Hall–Kier alpha value is -2.76. The summed E-state index contributed by atoms with van der Waals surface area (Å²) in [5.74, 6) is 0.559. The van der Waals surface area contributed by atoms with Gasteiger partial charge in [-0.05, 0) is 48.9 Å². The first-order valence-corrected chi connectivity index (χ1v) is 10.4. The third kappa shape index (κ3) is 5.86. The highest BCUT2D eigenvalue weighted by atomic mass is 32.2. The zero-order valence-electron chi connectivity index (χ0n) is 16.7. The Bertz CT molecular complexity index is 944. The number of methoxy groups -OCH3 is 1. The molecule has 0 saturated carbocycles. The summed E-state index contributed by atoms with van der Waals surface area (Å²) in [7, 11) is 1.62. The Kier molecular flexibility index (Phi) is 7.73. The molecule has 0 atom stereocenters. The fraction of sp³-hybridized carbons (Fsp3) is 0.208. The number of hydrogen-bond acceptors (Lipinski definition) is 4. The average molecular weight is 408 g/mol. The van der Waals surface area contributed by atoms with E-state index in [0.717, 1.165) is 33.2 Å². The van der Waals surface area contributed by atoms with Crippen LogP contribution >= 0.6 is 11.8 Å². The topological polar surface area (TPSA) is 47.6 Å². The Balaban J connectivity index is 1.77. The molecular formula is C24H25NO3S. The van der Waals surface area contributed by atoms with E-state index in [-0.39, 0.29) is 5.91 Å². The van der Waals surface area contributed by atoms with Crippen LogP contribution < -0.4 is 10.1 Å². The Morgan fingerprint density at radius 1 is 1.00 bits per heavy atom. The summed E-state index contributed by atoms with van der Waals surface area (Å²) in [6.45, 7) is 3.15. The molecule has 0 spiro atoms. The minimum atomic E-state index is -0.162. The summed E-state index contributed by atoms with van der Waals surface area (Å²) >= 11 is 1.62. The van der Waals surface area contributed by atoms with E-state index in [2.05, 4.69) is 24.4 Å². The smallest absolute Gasteiger partial charge is 0.255 e. The predicted molar refractivity (Wildman–Crippen MR) is 118 cm³/mol. The standard InChI is InChI=1S/C24H25NO3S/c1-3-15-28-17-19-16-18(13-14-22(19)27-2)24(26)25-21-11-7-8-12-23(21)29-20-9-5-4-6-10-20/h4-14,16H,3,15,17H2,1-2H3,(H,25,26). The van der Waals surface area contributed by atoms with Gasteiger partial charge in [-0.15, -0.1) is 0 Å². The zero-order chi connectivity index (χ0) is 20.5. The Morgan fingerprint density at radius 2 is 1.76 bits per heavy atom. The molecule has 0 fully saturated rings. The molecule has 0 aliphatic carbocycles. The molecule has 0 aliphatic heterocycles. The van der Waals surface area contributed by atoms with Crippen LogP contribution in [0.1, 0.15) is 29.3 Å². The van der Waals surface area contributed by atoms with Crippen molar-refractivity contribution < 1.29 is 14.3 Å². The fourth-order valence-electron chi connectivity index (χ4n) is 2.83. The summed E-state index contributed by atoms with van der Waals surface area (Å²) in [4.78, 5) is 15.0. The minimum absolute atomic E-state index is 0.162. The van der Waals surface area contributed by atoms with Gasteiger partial charge >= 0.3 is 0 Å². The number of carbonyl (C=O) groups excluding carboxylic acids is 1. The molecule has 0 aromatic heterocycles. The molecule has 0 heterocycles. The van der Waals surface area contributed by atoms with Gasteiger partial charge in [0.2, 0.25) is 0 Å². The Morgan fingerprint density at radius 3 is 2.52 bits per heavy atom. The predicted octanol–water partition coefficient (Wildman–Crippen LogP) is 6.03. The first-order valence-electron chi connectivity index (χ1n) is 9.59. The van der Waals surface area contributed by atoms with Crippen molar-refractivity contribution in [3.8, 4) is 5.75 Å². The third-order valence-electron chi connectivity index (χ3n) is 4.25. The molecular weight excluding hydrogens is 382 g/mol. The quantitative estimate of drug-likeness (QED) is 0.440. The van der Waals surface area contributed by atoms with Gasteiger partial charge < -0.3 is 14.8 Å². The molecule has 0 bridgehead atoms. The number of carbonyl (C=O) groups is 1. The monoisotopic (exact) mass is 407 g/mol. The second-order valence-electron chi connectivity index (χ2n) is 6.44. The van der Waals surface area contributed by atoms with Crippen molar-refractivity contribution in [3.63, 3.8) is 0 Å². The van der Waals surface area contributed by atoms with Crippen LogP contribution in [0.25, 0.3) is 0 Å². The average Bonchev–Trinajstić information content (AvgIpc) is 2.76. The van der Waals surface area contributed by atoms with Crippen LogP contribution in [-0.4, -0.2) is 19.6 Å². The largest absolute Gasteiger partial charge is 0.496 e. The Labute approximate surface area is 176 Å². The maximum absolute atomic E-state index is 12.9. The van der Waals surface area contributed by atoms with E-state index in [1.165, 1.54) is 0 Å². The summed E-state index contributed by atoms with van der Waals surface area (Å²) in [6.07, 6.45) is 0.943. The van der Waals surface area contributed by atoms with E-state index in [1.807, 2.05) is 54.6 Å². The second-order valence-corrected chi connectivity index (χ2v) is 7.56. The molecule has 3 aromatic carbocycles. The lowest BCUT2D eigenvalue weighted by Gasteiger charge is -2.13. The second kappa shape index (κ2) is 10.7. The molecule has 29 heavy (non-hydrogen) atoms. The first kappa shape index (κ1) is 21.0. The van der Waals surface area contributed by atoms with Crippen LogP contribution in [-0.2, 0) is 11.3 Å². The van der Waals surface area contributed by atoms with Crippen LogP contribution in [0, 0.1) is 0 Å².